The number of aliphatic hydroxyl groups is 1. The van der Waals surface area contributed by atoms with Gasteiger partial charge in [0.1, 0.15) is 19.3 Å². The molecule has 0 aliphatic heterocycles. The van der Waals surface area contributed by atoms with Gasteiger partial charge >= 0.3 is 39.5 Å². The molecule has 0 rings (SSSR count). The second-order valence-corrected chi connectivity index (χ2v) is 27.7. The molecule has 0 saturated carbocycles. The summed E-state index contributed by atoms with van der Waals surface area (Å²) in [6.07, 6.45) is 39.0. The second kappa shape index (κ2) is 57.2. The first kappa shape index (κ1) is 83.1. The number of phosphoric ester groups is 2. The third-order valence-corrected chi connectivity index (χ3v) is 17.8. The van der Waals surface area contributed by atoms with Crippen molar-refractivity contribution in [1.29, 1.82) is 0 Å². The zero-order chi connectivity index (χ0) is 63.1. The van der Waals surface area contributed by atoms with E-state index in [-0.39, 0.29) is 25.7 Å². The molecule has 0 aliphatic rings. The summed E-state index contributed by atoms with van der Waals surface area (Å²) in [4.78, 5) is 72.2. The van der Waals surface area contributed by atoms with Gasteiger partial charge in [-0.05, 0) is 43.4 Å². The summed E-state index contributed by atoms with van der Waals surface area (Å²) in [6.45, 7) is 11.7. The summed E-state index contributed by atoms with van der Waals surface area (Å²) in [5.74, 6) is 0.145. The molecule has 0 aromatic rings. The molecule has 0 saturated heterocycles. The summed E-state index contributed by atoms with van der Waals surface area (Å²) in [5.41, 5.74) is 0. The maximum Gasteiger partial charge on any atom is 0.472 e. The average Bonchev–Trinajstić information content (AvgIpc) is 3.51. The summed E-state index contributed by atoms with van der Waals surface area (Å²) >= 11 is 0. The van der Waals surface area contributed by atoms with Crippen molar-refractivity contribution >= 4 is 39.5 Å². The molecule has 0 aromatic carbocycles. The number of hydrogen-bond donors (Lipinski definition) is 3. The van der Waals surface area contributed by atoms with Crippen LogP contribution < -0.4 is 0 Å². The van der Waals surface area contributed by atoms with E-state index in [2.05, 4.69) is 48.5 Å². The largest absolute Gasteiger partial charge is 0.472 e. The minimum absolute atomic E-state index is 0.102. The van der Waals surface area contributed by atoms with Crippen LogP contribution in [-0.2, 0) is 65.4 Å². The maximum atomic E-state index is 13.0. The highest BCUT2D eigenvalue weighted by atomic mass is 31.2. The Morgan fingerprint density at radius 1 is 0.341 bits per heavy atom. The topological polar surface area (TPSA) is 237 Å². The number of unbranched alkanes of at least 4 members (excludes halogenated alkanes) is 30. The van der Waals surface area contributed by atoms with Crippen LogP contribution in [0.4, 0.5) is 0 Å². The number of ether oxygens (including phenoxy) is 4. The first-order valence-electron chi connectivity index (χ1n) is 34.4. The van der Waals surface area contributed by atoms with Crippen LogP contribution >= 0.6 is 15.6 Å². The number of rotatable bonds is 64. The van der Waals surface area contributed by atoms with E-state index in [4.69, 9.17) is 37.0 Å². The smallest absolute Gasteiger partial charge is 0.462 e. The lowest BCUT2D eigenvalue weighted by atomic mass is 9.99. The molecule has 3 N–H and O–H groups in total. The standard InChI is InChI=1S/C66H128O17P2/c1-8-11-12-13-23-33-40-47-63(68)76-53-62(83-66(71)50-43-36-29-28-32-39-46-59(7)10-3)56-81-85(74,75)79-52-60(67)51-78-84(72,73)80-55-61(54-77-64(69)48-41-34-26-22-21-25-31-38-45-58(6)9-2)82-65(70)49-42-35-27-20-18-16-14-15-17-19-24-30-37-44-57(4)5/h57-62,67H,8-56H2,1-7H3,(H,72,73)(H,74,75)/t58?,59?,60-,61-,62-/m1/s1. The van der Waals surface area contributed by atoms with Crippen molar-refractivity contribution in [2.24, 2.45) is 17.8 Å². The van der Waals surface area contributed by atoms with Crippen LogP contribution in [0, 0.1) is 17.8 Å². The predicted octanol–water partition coefficient (Wildman–Crippen LogP) is 18.3. The van der Waals surface area contributed by atoms with Crippen LogP contribution in [0.3, 0.4) is 0 Å². The van der Waals surface area contributed by atoms with E-state index in [1.807, 2.05) is 0 Å². The van der Waals surface area contributed by atoms with Crippen LogP contribution in [0.25, 0.3) is 0 Å². The van der Waals surface area contributed by atoms with Gasteiger partial charge in [-0.1, -0.05) is 273 Å². The number of aliphatic hydroxyl groups excluding tert-OH is 1. The monoisotopic (exact) mass is 1250 g/mol. The lowest BCUT2D eigenvalue weighted by Gasteiger charge is -2.21. The zero-order valence-electron chi connectivity index (χ0n) is 55.1. The molecule has 0 aromatic heterocycles. The van der Waals surface area contributed by atoms with E-state index in [9.17, 15) is 43.2 Å². The van der Waals surface area contributed by atoms with Gasteiger partial charge < -0.3 is 33.8 Å². The molecular weight excluding hydrogens is 1130 g/mol. The molecule has 0 radical (unpaired) electrons. The van der Waals surface area contributed by atoms with Crippen molar-refractivity contribution in [1.82, 2.24) is 0 Å². The van der Waals surface area contributed by atoms with E-state index in [0.717, 1.165) is 120 Å². The van der Waals surface area contributed by atoms with E-state index >= 15 is 0 Å². The van der Waals surface area contributed by atoms with Gasteiger partial charge in [-0.3, -0.25) is 37.3 Å². The fourth-order valence-corrected chi connectivity index (χ4v) is 11.3. The van der Waals surface area contributed by atoms with Gasteiger partial charge in [0.25, 0.3) is 0 Å². The molecule has 0 spiro atoms. The molecule has 0 heterocycles. The van der Waals surface area contributed by atoms with Crippen LogP contribution in [-0.4, -0.2) is 96.7 Å². The first-order valence-corrected chi connectivity index (χ1v) is 37.4. The summed E-state index contributed by atoms with van der Waals surface area (Å²) in [6, 6.07) is 0. The summed E-state index contributed by atoms with van der Waals surface area (Å²) in [5, 5.41) is 10.5. The Bertz CT molecular complexity index is 1690. The van der Waals surface area contributed by atoms with Gasteiger partial charge in [0.05, 0.1) is 26.4 Å². The number of carbonyl (C=O) groups excluding carboxylic acids is 4. The van der Waals surface area contributed by atoms with Crippen LogP contribution in [0.5, 0.6) is 0 Å². The Balaban J connectivity index is 5.22. The molecule has 85 heavy (non-hydrogen) atoms. The zero-order valence-corrected chi connectivity index (χ0v) is 56.9. The minimum Gasteiger partial charge on any atom is -0.462 e. The molecule has 0 fully saturated rings. The lowest BCUT2D eigenvalue weighted by Crippen LogP contribution is -2.30. The van der Waals surface area contributed by atoms with Crippen molar-refractivity contribution in [3.63, 3.8) is 0 Å². The second-order valence-electron chi connectivity index (χ2n) is 24.8. The third-order valence-electron chi connectivity index (χ3n) is 15.9. The Morgan fingerprint density at radius 3 is 0.894 bits per heavy atom. The SMILES string of the molecule is CCCCCCCCCC(=O)OC[C@H](COP(=O)(O)OC[C@H](O)COP(=O)(O)OC[C@@H](COC(=O)CCCCCCCCCCC(C)CC)OC(=O)CCCCCCCCCCCCCCCC(C)C)OC(=O)CCCCCCCCC(C)CC. The number of esters is 4. The van der Waals surface area contributed by atoms with E-state index in [0.29, 0.717) is 25.7 Å². The van der Waals surface area contributed by atoms with Gasteiger partial charge in [-0.15, -0.1) is 0 Å². The Kier molecular flexibility index (Phi) is 55.9. The van der Waals surface area contributed by atoms with Crippen molar-refractivity contribution < 1.29 is 80.2 Å². The van der Waals surface area contributed by atoms with E-state index in [1.54, 1.807) is 0 Å². The van der Waals surface area contributed by atoms with E-state index < -0.39 is 97.5 Å². The Labute approximate surface area is 517 Å². The molecule has 4 unspecified atom stereocenters. The highest BCUT2D eigenvalue weighted by Crippen LogP contribution is 2.45. The fourth-order valence-electron chi connectivity index (χ4n) is 9.77. The number of phosphoric acid groups is 2. The number of hydrogen-bond acceptors (Lipinski definition) is 15. The quantitative estimate of drug-likeness (QED) is 0.0222. The van der Waals surface area contributed by atoms with Crippen molar-refractivity contribution in [3.8, 4) is 0 Å². The highest BCUT2D eigenvalue weighted by molar-refractivity contribution is 7.47. The first-order chi connectivity index (χ1) is 40.8. The van der Waals surface area contributed by atoms with Crippen molar-refractivity contribution in [2.45, 2.75) is 343 Å². The summed E-state index contributed by atoms with van der Waals surface area (Å²) < 4.78 is 68.0. The van der Waals surface area contributed by atoms with Gasteiger partial charge in [-0.2, -0.15) is 0 Å². The fraction of sp³-hybridized carbons (Fsp3) is 0.939. The normalized spacial score (nSPS) is 15.0. The maximum absolute atomic E-state index is 13.0. The lowest BCUT2D eigenvalue weighted by molar-refractivity contribution is -0.161. The predicted molar refractivity (Wildman–Crippen MR) is 340 cm³/mol. The van der Waals surface area contributed by atoms with Crippen molar-refractivity contribution in [2.75, 3.05) is 39.6 Å². The minimum atomic E-state index is -4.95. The van der Waals surface area contributed by atoms with Crippen LogP contribution in [0.1, 0.15) is 325 Å². The van der Waals surface area contributed by atoms with E-state index in [1.165, 1.54) is 122 Å². The highest BCUT2D eigenvalue weighted by Gasteiger charge is 2.30. The molecule has 19 heteroatoms. The molecule has 0 bridgehead atoms. The molecule has 504 valence electrons. The molecule has 7 atom stereocenters. The van der Waals surface area contributed by atoms with Gasteiger partial charge in [0.2, 0.25) is 0 Å². The molecule has 0 amide bonds. The molecular formula is C66H128O17P2. The average molecular weight is 1260 g/mol. The Hall–Kier alpha value is -1.94. The van der Waals surface area contributed by atoms with Crippen molar-refractivity contribution in [3.05, 3.63) is 0 Å². The van der Waals surface area contributed by atoms with Gasteiger partial charge in [0.15, 0.2) is 12.2 Å². The summed E-state index contributed by atoms with van der Waals surface area (Å²) in [7, 11) is -9.89. The Morgan fingerprint density at radius 2 is 0.600 bits per heavy atom. The van der Waals surface area contributed by atoms with Crippen LogP contribution in [0.15, 0.2) is 0 Å². The number of carbonyl (C=O) groups is 4. The third kappa shape index (κ3) is 58.2. The van der Waals surface area contributed by atoms with Gasteiger partial charge in [-0.25, -0.2) is 9.13 Å². The van der Waals surface area contributed by atoms with Crippen LogP contribution in [0.2, 0.25) is 0 Å². The molecule has 0 aliphatic carbocycles. The molecule has 17 nitrogen and oxygen atoms in total. The van der Waals surface area contributed by atoms with Gasteiger partial charge in [0, 0.05) is 25.7 Å².